The summed E-state index contributed by atoms with van der Waals surface area (Å²) >= 11 is 7.72. The van der Waals surface area contributed by atoms with E-state index in [1.165, 1.54) is 11.3 Å². The van der Waals surface area contributed by atoms with Gasteiger partial charge in [0.2, 0.25) is 11.8 Å². The van der Waals surface area contributed by atoms with Gasteiger partial charge in [0.05, 0.1) is 11.2 Å². The van der Waals surface area contributed by atoms with Gasteiger partial charge in [-0.2, -0.15) is 4.98 Å². The first-order valence-electron chi connectivity index (χ1n) is 12.4. The molecule has 0 unspecified atom stereocenters. The zero-order valence-electron chi connectivity index (χ0n) is 21.0. The number of benzene rings is 1. The second-order valence-corrected chi connectivity index (χ2v) is 10.8. The molecule has 1 aromatic carbocycles. The lowest BCUT2D eigenvalue weighted by Gasteiger charge is -2.32. The number of ether oxygens (including phenoxy) is 1. The van der Waals surface area contributed by atoms with Crippen LogP contribution in [0.5, 0.6) is 5.88 Å². The third-order valence-corrected chi connectivity index (χ3v) is 7.98. The maximum Gasteiger partial charge on any atom is 0.267 e. The molecule has 1 fully saturated rings. The molecule has 0 atom stereocenters. The Morgan fingerprint density at radius 2 is 1.97 bits per heavy atom. The molecule has 1 saturated heterocycles. The number of hydrogen-bond acceptors (Lipinski definition) is 10. The lowest BCUT2D eigenvalue weighted by atomic mass is 10.1. The number of carbonyl (C=O) groups is 1. The van der Waals surface area contributed by atoms with E-state index in [4.69, 9.17) is 21.3 Å². The predicted molar refractivity (Wildman–Crippen MR) is 152 cm³/mol. The number of hydrogen-bond donors (Lipinski definition) is 3. The van der Waals surface area contributed by atoms with Gasteiger partial charge in [0, 0.05) is 66.2 Å². The number of nitrogens with zero attached hydrogens (tertiary/aromatic N) is 5. The van der Waals surface area contributed by atoms with Gasteiger partial charge in [0.15, 0.2) is 0 Å². The standard InChI is InChI=1S/C26H27ClN8O2S/c1-15-14-28-23-22-16-3-6-20(30-17(16)4-5-18(22)38-24(23)25(36)29-15)32-26-31-19(27)13-21(33-26)37-12-11-35-9-7-34(2)8-10-35/h3-6,13-14,28H,7-12H2,1-2H3,(H,29,36)(H,30,31,32,33). The molecule has 0 spiro atoms. The zero-order valence-corrected chi connectivity index (χ0v) is 22.6. The molecule has 6 rings (SSSR count). The number of fused-ring (bicyclic) bond motifs is 5. The summed E-state index contributed by atoms with van der Waals surface area (Å²) in [5, 5.41) is 11.5. The van der Waals surface area contributed by atoms with Gasteiger partial charge in [0.1, 0.15) is 22.5 Å². The van der Waals surface area contributed by atoms with Gasteiger partial charge in [-0.05, 0) is 38.2 Å². The van der Waals surface area contributed by atoms with Crippen LogP contribution in [0, 0.1) is 0 Å². The van der Waals surface area contributed by atoms with E-state index in [1.807, 2.05) is 31.2 Å². The Hall–Kier alpha value is -3.51. The highest BCUT2D eigenvalue weighted by Gasteiger charge is 2.22. The Morgan fingerprint density at radius 1 is 1.13 bits per heavy atom. The Kier molecular flexibility index (Phi) is 6.75. The molecule has 38 heavy (non-hydrogen) atoms. The summed E-state index contributed by atoms with van der Waals surface area (Å²) < 4.78 is 6.90. The molecule has 196 valence electrons. The van der Waals surface area contributed by atoms with Crippen molar-refractivity contribution in [2.24, 2.45) is 0 Å². The number of amides is 1. The van der Waals surface area contributed by atoms with Crippen LogP contribution >= 0.6 is 22.9 Å². The van der Waals surface area contributed by atoms with Gasteiger partial charge in [-0.1, -0.05) is 11.6 Å². The molecular weight excluding hydrogens is 524 g/mol. The number of allylic oxidation sites excluding steroid dienone is 1. The first-order chi connectivity index (χ1) is 18.4. The number of carbonyl (C=O) groups excluding carboxylic acids is 1. The van der Waals surface area contributed by atoms with Gasteiger partial charge in [-0.15, -0.1) is 11.3 Å². The molecule has 2 aliphatic rings. The molecule has 0 saturated carbocycles. The number of halogens is 1. The lowest BCUT2D eigenvalue weighted by molar-refractivity contribution is 0.0971. The van der Waals surface area contributed by atoms with Crippen LogP contribution in [0.2, 0.25) is 5.15 Å². The second-order valence-electron chi connectivity index (χ2n) is 9.40. The summed E-state index contributed by atoms with van der Waals surface area (Å²) in [6, 6.07) is 9.40. The Morgan fingerprint density at radius 3 is 2.82 bits per heavy atom. The maximum absolute atomic E-state index is 12.6. The van der Waals surface area contributed by atoms with E-state index in [-0.39, 0.29) is 11.1 Å². The SMILES string of the molecule is CC1=CNc2c(sc3ccc4nc(Nc5nc(Cl)cc(OCCN6CCN(C)CC6)n5)ccc4c23)C(=O)N1. The molecule has 10 nitrogen and oxygen atoms in total. The number of anilines is 3. The van der Waals surface area contributed by atoms with Crippen molar-refractivity contribution in [2.75, 3.05) is 57.0 Å². The number of pyridine rings is 1. The molecule has 12 heteroatoms. The van der Waals surface area contributed by atoms with Crippen molar-refractivity contribution >= 4 is 67.3 Å². The smallest absolute Gasteiger partial charge is 0.267 e. The minimum Gasteiger partial charge on any atom is -0.476 e. The molecule has 3 aromatic heterocycles. The van der Waals surface area contributed by atoms with Crippen molar-refractivity contribution in [3.63, 3.8) is 0 Å². The van der Waals surface area contributed by atoms with Crippen molar-refractivity contribution in [3.05, 3.63) is 52.3 Å². The van der Waals surface area contributed by atoms with E-state index >= 15 is 0 Å². The average Bonchev–Trinajstić information content (AvgIpc) is 3.21. The fourth-order valence-electron chi connectivity index (χ4n) is 4.61. The Labute approximate surface area is 228 Å². The molecule has 1 amide bonds. The second kappa shape index (κ2) is 10.3. The van der Waals surface area contributed by atoms with E-state index < -0.39 is 0 Å². The highest BCUT2D eigenvalue weighted by molar-refractivity contribution is 7.21. The number of likely N-dealkylation sites (N-methyl/N-ethyl adjacent to an activating group) is 1. The summed E-state index contributed by atoms with van der Waals surface area (Å²) in [7, 11) is 2.14. The van der Waals surface area contributed by atoms with E-state index in [2.05, 4.69) is 42.8 Å². The number of nitrogens with one attached hydrogen (secondary N) is 3. The number of piperazine rings is 1. The number of rotatable bonds is 6. The first-order valence-corrected chi connectivity index (χ1v) is 13.6. The van der Waals surface area contributed by atoms with Gasteiger partial charge in [-0.3, -0.25) is 9.69 Å². The van der Waals surface area contributed by atoms with E-state index in [0.717, 1.165) is 65.1 Å². The number of thiophene rings is 1. The molecule has 4 aromatic rings. The molecule has 0 aliphatic carbocycles. The van der Waals surface area contributed by atoms with Crippen LogP contribution in [0.4, 0.5) is 17.5 Å². The van der Waals surface area contributed by atoms with Crippen molar-refractivity contribution in [1.29, 1.82) is 0 Å². The highest BCUT2D eigenvalue weighted by Crippen LogP contribution is 2.41. The quantitative estimate of drug-likeness (QED) is 0.303. The van der Waals surface area contributed by atoms with E-state index in [0.29, 0.717) is 29.1 Å². The highest BCUT2D eigenvalue weighted by atomic mass is 35.5. The predicted octanol–water partition coefficient (Wildman–Crippen LogP) is 4.28. The van der Waals surface area contributed by atoms with Crippen LogP contribution in [0.3, 0.4) is 0 Å². The minimum atomic E-state index is -0.112. The van der Waals surface area contributed by atoms with Crippen LogP contribution in [-0.2, 0) is 0 Å². The maximum atomic E-state index is 12.6. The molecule has 5 heterocycles. The largest absolute Gasteiger partial charge is 0.476 e. The van der Waals surface area contributed by atoms with Crippen molar-refractivity contribution in [3.8, 4) is 5.88 Å². The number of aromatic nitrogens is 3. The summed E-state index contributed by atoms with van der Waals surface area (Å²) in [6.45, 7) is 7.40. The molecule has 0 radical (unpaired) electrons. The van der Waals surface area contributed by atoms with Crippen LogP contribution < -0.4 is 20.7 Å². The topological polar surface area (TPSA) is 108 Å². The van der Waals surface area contributed by atoms with E-state index in [9.17, 15) is 4.79 Å². The molecular formula is C26H27ClN8O2S. The Balaban J connectivity index is 1.21. The van der Waals surface area contributed by atoms with Crippen LogP contribution in [0.15, 0.2) is 42.2 Å². The molecule has 3 N–H and O–H groups in total. The fraction of sp³-hybridized carbons (Fsp3) is 0.308. The van der Waals surface area contributed by atoms with Crippen LogP contribution in [0.25, 0.3) is 21.0 Å². The molecule has 0 bridgehead atoms. The zero-order chi connectivity index (χ0) is 26.2. The normalized spacial score (nSPS) is 16.5. The van der Waals surface area contributed by atoms with Crippen LogP contribution in [-0.4, -0.2) is 77.0 Å². The fourth-order valence-corrected chi connectivity index (χ4v) is 5.86. The van der Waals surface area contributed by atoms with Crippen molar-refractivity contribution in [1.82, 2.24) is 30.1 Å². The van der Waals surface area contributed by atoms with Crippen molar-refractivity contribution in [2.45, 2.75) is 6.92 Å². The van der Waals surface area contributed by atoms with Crippen molar-refractivity contribution < 1.29 is 9.53 Å². The Bertz CT molecular complexity index is 1560. The monoisotopic (exact) mass is 550 g/mol. The van der Waals surface area contributed by atoms with Crippen LogP contribution in [0.1, 0.15) is 16.6 Å². The first kappa shape index (κ1) is 24.8. The average molecular weight is 551 g/mol. The van der Waals surface area contributed by atoms with Gasteiger partial charge in [-0.25, -0.2) is 9.97 Å². The third kappa shape index (κ3) is 5.10. The van der Waals surface area contributed by atoms with Gasteiger partial charge < -0.3 is 25.6 Å². The molecule has 2 aliphatic heterocycles. The van der Waals surface area contributed by atoms with Gasteiger partial charge in [0.25, 0.3) is 5.91 Å². The summed E-state index contributed by atoms with van der Waals surface area (Å²) in [6.07, 6.45) is 1.80. The minimum absolute atomic E-state index is 0.112. The van der Waals surface area contributed by atoms with Gasteiger partial charge >= 0.3 is 0 Å². The third-order valence-electron chi connectivity index (χ3n) is 6.64. The summed E-state index contributed by atoms with van der Waals surface area (Å²) in [5.41, 5.74) is 2.34. The van der Waals surface area contributed by atoms with E-state index in [1.54, 1.807) is 12.3 Å². The summed E-state index contributed by atoms with van der Waals surface area (Å²) in [5.74, 6) is 1.19. The lowest BCUT2D eigenvalue weighted by Crippen LogP contribution is -2.45. The summed E-state index contributed by atoms with van der Waals surface area (Å²) in [4.78, 5) is 31.5.